The standard InChI is InChI=1S/C11H10FN3/c1-9(6-15-8-13-7-14-15)10-2-4-11(12)5-3-10/h2-8H,1H3/b9-6-. The SMILES string of the molecule is C/C(=C/n1cncn1)c1ccc(F)cc1. The quantitative estimate of drug-likeness (QED) is 0.750. The van der Waals surface area contributed by atoms with E-state index in [1.54, 1.807) is 23.1 Å². The minimum absolute atomic E-state index is 0.229. The van der Waals surface area contributed by atoms with Gasteiger partial charge >= 0.3 is 0 Å². The lowest BCUT2D eigenvalue weighted by Crippen LogP contribution is -1.88. The van der Waals surface area contributed by atoms with Gasteiger partial charge in [-0.3, -0.25) is 0 Å². The van der Waals surface area contributed by atoms with Crippen molar-refractivity contribution in [2.75, 3.05) is 0 Å². The van der Waals surface area contributed by atoms with E-state index < -0.39 is 0 Å². The van der Waals surface area contributed by atoms with Crippen LogP contribution in [-0.2, 0) is 0 Å². The predicted molar refractivity (Wildman–Crippen MR) is 56.3 cm³/mol. The van der Waals surface area contributed by atoms with Crippen molar-refractivity contribution in [1.29, 1.82) is 0 Å². The third-order valence-electron chi connectivity index (χ3n) is 2.06. The topological polar surface area (TPSA) is 30.7 Å². The summed E-state index contributed by atoms with van der Waals surface area (Å²) in [6.45, 7) is 1.94. The molecule has 76 valence electrons. The van der Waals surface area contributed by atoms with Crippen molar-refractivity contribution in [2.24, 2.45) is 0 Å². The summed E-state index contributed by atoms with van der Waals surface area (Å²) < 4.78 is 14.3. The molecule has 0 bridgehead atoms. The fourth-order valence-electron chi connectivity index (χ4n) is 1.27. The molecule has 2 rings (SSSR count). The Bertz CT molecular complexity index is 457. The van der Waals surface area contributed by atoms with Gasteiger partial charge in [0.15, 0.2) is 0 Å². The molecular formula is C11H10FN3. The molecule has 15 heavy (non-hydrogen) atoms. The summed E-state index contributed by atoms with van der Waals surface area (Å²) in [4.78, 5) is 3.83. The lowest BCUT2D eigenvalue weighted by Gasteiger charge is -2.00. The lowest BCUT2D eigenvalue weighted by atomic mass is 10.1. The third-order valence-corrected chi connectivity index (χ3v) is 2.06. The van der Waals surface area contributed by atoms with Crippen LogP contribution < -0.4 is 0 Å². The van der Waals surface area contributed by atoms with E-state index in [0.717, 1.165) is 11.1 Å². The van der Waals surface area contributed by atoms with Gasteiger partial charge in [0.2, 0.25) is 0 Å². The summed E-state index contributed by atoms with van der Waals surface area (Å²) >= 11 is 0. The van der Waals surface area contributed by atoms with Crippen LogP contribution in [0.1, 0.15) is 12.5 Å². The second-order valence-corrected chi connectivity index (χ2v) is 3.19. The smallest absolute Gasteiger partial charge is 0.138 e. The molecule has 0 saturated carbocycles. The first-order chi connectivity index (χ1) is 7.25. The first-order valence-electron chi connectivity index (χ1n) is 4.54. The lowest BCUT2D eigenvalue weighted by molar-refractivity contribution is 0.627. The molecule has 2 aromatic rings. The highest BCUT2D eigenvalue weighted by Crippen LogP contribution is 2.14. The maximum Gasteiger partial charge on any atom is 0.138 e. The van der Waals surface area contributed by atoms with Crippen LogP contribution in [0.2, 0.25) is 0 Å². The van der Waals surface area contributed by atoms with E-state index in [4.69, 9.17) is 0 Å². The summed E-state index contributed by atoms with van der Waals surface area (Å²) in [7, 11) is 0. The average molecular weight is 203 g/mol. The monoisotopic (exact) mass is 203 g/mol. The summed E-state index contributed by atoms with van der Waals surface area (Å²) in [5, 5.41) is 3.95. The van der Waals surface area contributed by atoms with Gasteiger partial charge in [-0.15, -0.1) is 0 Å². The molecule has 0 N–H and O–H groups in total. The van der Waals surface area contributed by atoms with Crippen LogP contribution in [0.15, 0.2) is 36.9 Å². The Morgan fingerprint density at radius 1 is 1.33 bits per heavy atom. The number of benzene rings is 1. The zero-order valence-electron chi connectivity index (χ0n) is 8.26. The van der Waals surface area contributed by atoms with Crippen molar-refractivity contribution >= 4 is 11.8 Å². The number of rotatable bonds is 2. The van der Waals surface area contributed by atoms with E-state index in [2.05, 4.69) is 10.1 Å². The Hall–Kier alpha value is -1.97. The first-order valence-corrected chi connectivity index (χ1v) is 4.54. The Morgan fingerprint density at radius 3 is 2.67 bits per heavy atom. The molecule has 3 nitrogen and oxygen atoms in total. The molecule has 0 radical (unpaired) electrons. The highest BCUT2D eigenvalue weighted by molar-refractivity contribution is 5.73. The molecule has 0 aliphatic carbocycles. The van der Waals surface area contributed by atoms with Gasteiger partial charge in [0.05, 0.1) is 0 Å². The van der Waals surface area contributed by atoms with Crippen LogP contribution >= 0.6 is 0 Å². The molecule has 0 atom stereocenters. The van der Waals surface area contributed by atoms with Gasteiger partial charge in [0.25, 0.3) is 0 Å². The summed E-state index contributed by atoms with van der Waals surface area (Å²) in [6.07, 6.45) is 4.90. The van der Waals surface area contributed by atoms with Crippen LogP contribution in [0.3, 0.4) is 0 Å². The molecule has 0 aliphatic rings. The van der Waals surface area contributed by atoms with Crippen molar-refractivity contribution in [3.63, 3.8) is 0 Å². The maximum absolute atomic E-state index is 12.7. The zero-order chi connectivity index (χ0) is 10.7. The average Bonchev–Trinajstić information content (AvgIpc) is 2.71. The highest BCUT2D eigenvalue weighted by Gasteiger charge is 1.96. The predicted octanol–water partition coefficient (Wildman–Crippen LogP) is 2.44. The molecule has 0 amide bonds. The van der Waals surface area contributed by atoms with E-state index in [-0.39, 0.29) is 5.82 Å². The van der Waals surface area contributed by atoms with Gasteiger partial charge in [-0.25, -0.2) is 14.1 Å². The highest BCUT2D eigenvalue weighted by atomic mass is 19.1. The molecule has 1 aromatic heterocycles. The summed E-state index contributed by atoms with van der Waals surface area (Å²) in [6, 6.07) is 6.35. The van der Waals surface area contributed by atoms with Crippen molar-refractivity contribution in [2.45, 2.75) is 6.92 Å². The molecular weight excluding hydrogens is 193 g/mol. The normalized spacial score (nSPS) is 11.7. The van der Waals surface area contributed by atoms with Crippen LogP contribution in [0.4, 0.5) is 4.39 Å². The van der Waals surface area contributed by atoms with Gasteiger partial charge in [0, 0.05) is 6.20 Å². The largest absolute Gasteiger partial charge is 0.228 e. The van der Waals surface area contributed by atoms with Gasteiger partial charge in [-0.1, -0.05) is 12.1 Å². The van der Waals surface area contributed by atoms with E-state index in [0.29, 0.717) is 0 Å². The van der Waals surface area contributed by atoms with Crippen LogP contribution in [0.25, 0.3) is 11.8 Å². The number of aromatic nitrogens is 3. The number of hydrogen-bond acceptors (Lipinski definition) is 2. The second kappa shape index (κ2) is 4.04. The van der Waals surface area contributed by atoms with Crippen LogP contribution in [0.5, 0.6) is 0 Å². The summed E-state index contributed by atoms with van der Waals surface area (Å²) in [5.74, 6) is -0.229. The second-order valence-electron chi connectivity index (χ2n) is 3.19. The molecule has 0 saturated heterocycles. The van der Waals surface area contributed by atoms with Gasteiger partial charge in [-0.05, 0) is 30.2 Å². The summed E-state index contributed by atoms with van der Waals surface area (Å²) in [5.41, 5.74) is 1.97. The van der Waals surface area contributed by atoms with Gasteiger partial charge in [-0.2, -0.15) is 5.10 Å². The Labute approximate surface area is 86.9 Å². The number of nitrogens with zero attached hydrogens (tertiary/aromatic N) is 3. The molecule has 0 fully saturated rings. The van der Waals surface area contributed by atoms with Crippen LogP contribution in [-0.4, -0.2) is 14.8 Å². The molecule has 0 spiro atoms. The van der Waals surface area contributed by atoms with E-state index >= 15 is 0 Å². The Morgan fingerprint density at radius 2 is 2.07 bits per heavy atom. The van der Waals surface area contributed by atoms with Crippen molar-refractivity contribution in [3.05, 3.63) is 48.3 Å². The Kier molecular flexibility index (Phi) is 2.58. The van der Waals surface area contributed by atoms with E-state index in [1.165, 1.54) is 18.5 Å². The van der Waals surface area contributed by atoms with Crippen LogP contribution in [0, 0.1) is 5.82 Å². The molecule has 0 aliphatic heterocycles. The van der Waals surface area contributed by atoms with E-state index in [9.17, 15) is 4.39 Å². The van der Waals surface area contributed by atoms with Gasteiger partial charge < -0.3 is 0 Å². The van der Waals surface area contributed by atoms with E-state index in [1.807, 2.05) is 13.1 Å². The molecule has 1 heterocycles. The minimum Gasteiger partial charge on any atom is -0.228 e. The fraction of sp³-hybridized carbons (Fsp3) is 0.0909. The van der Waals surface area contributed by atoms with Crippen molar-refractivity contribution in [1.82, 2.24) is 14.8 Å². The first kappa shape index (κ1) is 9.58. The minimum atomic E-state index is -0.229. The fourth-order valence-corrected chi connectivity index (χ4v) is 1.27. The number of hydrogen-bond donors (Lipinski definition) is 0. The third kappa shape index (κ3) is 2.28. The van der Waals surface area contributed by atoms with Crippen molar-refractivity contribution in [3.8, 4) is 0 Å². The Balaban J connectivity index is 2.28. The zero-order valence-corrected chi connectivity index (χ0v) is 8.26. The molecule has 0 unspecified atom stereocenters. The van der Waals surface area contributed by atoms with Crippen molar-refractivity contribution < 1.29 is 4.39 Å². The van der Waals surface area contributed by atoms with Gasteiger partial charge in [0.1, 0.15) is 18.5 Å². The number of halogens is 1. The molecule has 4 heteroatoms. The molecule has 1 aromatic carbocycles. The number of allylic oxidation sites excluding steroid dienone is 1. The maximum atomic E-state index is 12.7.